The maximum absolute atomic E-state index is 14.1. The van der Waals surface area contributed by atoms with E-state index >= 15 is 0 Å². The number of carboxylic acid groups (broad SMARTS) is 1. The molecule has 0 radical (unpaired) electrons. The number of thiazole rings is 1. The number of fused-ring (bicyclic) bond motifs is 3. The number of amides is 6. The average molecular weight is 1030 g/mol. The summed E-state index contributed by atoms with van der Waals surface area (Å²) in [6.07, 6.45) is 6.98. The Labute approximate surface area is 434 Å². The number of carbonyl (C=O) groups excluding carboxylic acids is 6. The third-order valence-electron chi connectivity index (χ3n) is 16.5. The summed E-state index contributed by atoms with van der Waals surface area (Å²) in [5.41, 5.74) is 5.40. The van der Waals surface area contributed by atoms with E-state index in [-0.39, 0.29) is 60.1 Å². The number of hydrogen-bond acceptors (Lipinski definition) is 14. The van der Waals surface area contributed by atoms with Crippen LogP contribution in [0.3, 0.4) is 0 Å². The summed E-state index contributed by atoms with van der Waals surface area (Å²) >= 11 is 1.42. The number of anilines is 3. The molecule has 384 valence electrons. The van der Waals surface area contributed by atoms with Gasteiger partial charge >= 0.3 is 5.97 Å². The van der Waals surface area contributed by atoms with Gasteiger partial charge in [-0.3, -0.25) is 49.0 Å². The summed E-state index contributed by atoms with van der Waals surface area (Å²) in [6.45, 7) is 4.74. The first-order chi connectivity index (χ1) is 36.3. The van der Waals surface area contributed by atoms with Crippen LogP contribution >= 0.6 is 11.3 Å². The van der Waals surface area contributed by atoms with Crippen molar-refractivity contribution >= 4 is 79.6 Å². The quantitative estimate of drug-likeness (QED) is 0.0534. The van der Waals surface area contributed by atoms with Crippen molar-refractivity contribution < 1.29 is 43.4 Å². The van der Waals surface area contributed by atoms with E-state index in [9.17, 15) is 38.7 Å². The fourth-order valence-electron chi connectivity index (χ4n) is 13.3. The molecule has 5 fully saturated rings. The van der Waals surface area contributed by atoms with E-state index in [1.54, 1.807) is 24.4 Å². The lowest BCUT2D eigenvalue weighted by molar-refractivity contribution is -0.136. The fraction of sp³-hybridized carbons (Fsp3) is 0.382. The minimum Gasteiger partial charge on any atom is -0.476 e. The van der Waals surface area contributed by atoms with Crippen LogP contribution in [-0.2, 0) is 38.6 Å². The van der Waals surface area contributed by atoms with Gasteiger partial charge in [0, 0.05) is 67.2 Å². The van der Waals surface area contributed by atoms with E-state index in [1.165, 1.54) is 11.3 Å². The standard InChI is InChI=1S/C55H54N10O9S/c1-30-37(34-12-14-43(60-46(34)51(71)72)63-19-16-32-6-4-7-35(38(32)27-63)47(67)62-53-59-39-9-2-3-11-42(39)75-53)26-58-64(30)29-55-24-31-22-33(55)25-54(23-31,28-55)52(73)57-18-21-74-20-17-56-40-10-5-8-36-45(40)50(70)65(49(36)69)41-13-15-44(66)61-48(41)68/h2-12,14,26,31,33,41,56H,13,15-25,27-29H2,1H3,(H,57,73)(H,71,72)(H,59,62,67)(H,61,66,68). The lowest BCUT2D eigenvalue weighted by Gasteiger charge is -2.40. The van der Waals surface area contributed by atoms with Crippen LogP contribution in [0.4, 0.5) is 16.6 Å². The summed E-state index contributed by atoms with van der Waals surface area (Å²) in [4.78, 5) is 104. The second-order valence-corrected chi connectivity index (χ2v) is 22.0. The van der Waals surface area contributed by atoms with Crippen molar-refractivity contribution in [1.29, 1.82) is 0 Å². The van der Waals surface area contributed by atoms with Crippen LogP contribution in [0.1, 0.15) is 103 Å². The summed E-state index contributed by atoms with van der Waals surface area (Å²) in [5, 5.41) is 27.5. The molecule has 20 heteroatoms. The number of hydrogen-bond donors (Lipinski definition) is 5. The first-order valence-electron chi connectivity index (χ1n) is 25.5. The predicted molar refractivity (Wildman–Crippen MR) is 276 cm³/mol. The van der Waals surface area contributed by atoms with Crippen molar-refractivity contribution in [2.75, 3.05) is 48.4 Å². The number of imide groups is 2. The Bertz CT molecular complexity index is 3380. The fourth-order valence-corrected chi connectivity index (χ4v) is 14.2. The molecule has 5 N–H and O–H groups in total. The largest absolute Gasteiger partial charge is 0.476 e. The maximum Gasteiger partial charge on any atom is 0.355 e. The number of ether oxygens (including phenoxy) is 1. The molecule has 13 rings (SSSR count). The second kappa shape index (κ2) is 18.8. The summed E-state index contributed by atoms with van der Waals surface area (Å²) < 4.78 is 8.84. The van der Waals surface area contributed by atoms with Crippen molar-refractivity contribution in [3.63, 3.8) is 0 Å². The van der Waals surface area contributed by atoms with Crippen LogP contribution in [0, 0.1) is 29.6 Å². The number of aromatic carboxylic acids is 1. The van der Waals surface area contributed by atoms with Gasteiger partial charge in [-0.25, -0.2) is 14.8 Å². The molecule has 6 amide bonds. The van der Waals surface area contributed by atoms with Crippen molar-refractivity contribution in [2.45, 2.75) is 77.4 Å². The highest BCUT2D eigenvalue weighted by Crippen LogP contribution is 2.71. The number of carboxylic acids is 1. The monoisotopic (exact) mass is 1030 g/mol. The van der Waals surface area contributed by atoms with Crippen molar-refractivity contribution in [1.82, 2.24) is 35.3 Å². The van der Waals surface area contributed by atoms with Gasteiger partial charge in [0.15, 0.2) is 10.8 Å². The van der Waals surface area contributed by atoms with Crippen LogP contribution in [0.2, 0.25) is 0 Å². The van der Waals surface area contributed by atoms with Crippen LogP contribution in [0.25, 0.3) is 21.3 Å². The molecule has 75 heavy (non-hydrogen) atoms. The van der Waals surface area contributed by atoms with E-state index in [2.05, 4.69) is 26.3 Å². The molecule has 5 atom stereocenters. The average Bonchev–Trinajstić information content (AvgIpc) is 4.17. The normalized spacial score (nSPS) is 23.4. The molecule has 4 bridgehead atoms. The van der Waals surface area contributed by atoms with Crippen LogP contribution in [0.5, 0.6) is 0 Å². The van der Waals surface area contributed by atoms with Gasteiger partial charge in [0.1, 0.15) is 11.9 Å². The zero-order valence-electron chi connectivity index (χ0n) is 41.1. The Morgan fingerprint density at radius 2 is 1.73 bits per heavy atom. The van der Waals surface area contributed by atoms with Gasteiger partial charge in [0.05, 0.1) is 46.2 Å². The van der Waals surface area contributed by atoms with E-state index < -0.39 is 41.1 Å². The Hall–Kier alpha value is -7.84. The SMILES string of the molecule is Cc1c(-c2ccc(N3CCc4cccc(C(=O)Nc5nc6ccccc6s5)c4C3)nc2C(=O)O)cnn1CC12CC3CC1CC(C(=O)NCCOCCNc1cccc4c1C(=O)N(C1CCC(=O)NC1=O)C4=O)(C3)C2. The lowest BCUT2D eigenvalue weighted by Crippen LogP contribution is -2.54. The van der Waals surface area contributed by atoms with Crippen LogP contribution < -0.4 is 26.2 Å². The summed E-state index contributed by atoms with van der Waals surface area (Å²) in [7, 11) is 0. The highest BCUT2D eigenvalue weighted by atomic mass is 32.1. The molecule has 6 heterocycles. The van der Waals surface area contributed by atoms with E-state index in [4.69, 9.17) is 14.8 Å². The third kappa shape index (κ3) is 8.48. The van der Waals surface area contributed by atoms with Gasteiger partial charge in [-0.2, -0.15) is 5.10 Å². The number of rotatable bonds is 16. The number of piperidine rings is 1. The predicted octanol–water partition coefficient (Wildman–Crippen LogP) is 6.22. The summed E-state index contributed by atoms with van der Waals surface area (Å²) in [5.74, 6) is -2.33. The highest BCUT2D eigenvalue weighted by molar-refractivity contribution is 7.22. The van der Waals surface area contributed by atoms with E-state index in [0.29, 0.717) is 84.3 Å². The van der Waals surface area contributed by atoms with Crippen molar-refractivity contribution in [3.8, 4) is 11.1 Å². The van der Waals surface area contributed by atoms with Gasteiger partial charge in [-0.1, -0.05) is 41.7 Å². The minimum atomic E-state index is -1.15. The minimum absolute atomic E-state index is 0.0386. The molecule has 4 saturated carbocycles. The van der Waals surface area contributed by atoms with Gasteiger partial charge < -0.3 is 25.4 Å². The molecular weight excluding hydrogens is 977 g/mol. The number of nitrogens with one attached hydrogen (secondary N) is 4. The zero-order chi connectivity index (χ0) is 51.8. The second-order valence-electron chi connectivity index (χ2n) is 20.9. The third-order valence-corrected chi connectivity index (χ3v) is 17.5. The molecule has 6 aromatic rings. The first-order valence-corrected chi connectivity index (χ1v) is 26.3. The Balaban J connectivity index is 0.658. The molecular formula is C55H54N10O9S. The topological polar surface area (TPSA) is 247 Å². The smallest absolute Gasteiger partial charge is 0.355 e. The molecule has 3 aromatic heterocycles. The van der Waals surface area contributed by atoms with Crippen molar-refractivity contribution in [2.24, 2.45) is 22.7 Å². The Morgan fingerprint density at radius 1 is 0.893 bits per heavy atom. The van der Waals surface area contributed by atoms with Gasteiger partial charge in [0.25, 0.3) is 17.7 Å². The Kier molecular flexibility index (Phi) is 12.1. The van der Waals surface area contributed by atoms with Gasteiger partial charge in [0.2, 0.25) is 17.7 Å². The number of benzene rings is 3. The molecule has 19 nitrogen and oxygen atoms in total. The van der Waals surface area contributed by atoms with Gasteiger partial charge in [-0.05, 0) is 123 Å². The highest BCUT2D eigenvalue weighted by Gasteiger charge is 2.66. The van der Waals surface area contributed by atoms with Crippen LogP contribution in [-0.4, -0.2) is 110 Å². The molecule has 7 aliphatic rings. The molecule has 4 aliphatic carbocycles. The lowest BCUT2D eigenvalue weighted by atomic mass is 9.66. The first kappa shape index (κ1) is 48.1. The molecule has 3 aromatic carbocycles. The zero-order valence-corrected chi connectivity index (χ0v) is 42.0. The number of aromatic nitrogens is 4. The van der Waals surface area contributed by atoms with E-state index in [0.717, 1.165) is 64.0 Å². The number of pyridine rings is 1. The Morgan fingerprint density at radius 3 is 2.57 bits per heavy atom. The number of carbonyl (C=O) groups is 7. The number of nitrogens with zero attached hydrogens (tertiary/aromatic N) is 6. The summed E-state index contributed by atoms with van der Waals surface area (Å²) in [6, 6.07) is 20.9. The molecule has 1 saturated heterocycles. The molecule has 3 aliphatic heterocycles. The number of para-hydroxylation sites is 1. The van der Waals surface area contributed by atoms with Crippen LogP contribution in [0.15, 0.2) is 79.0 Å². The van der Waals surface area contributed by atoms with Crippen molar-refractivity contribution in [3.05, 3.63) is 118 Å². The maximum atomic E-state index is 14.1. The van der Waals surface area contributed by atoms with Gasteiger partial charge in [-0.15, -0.1) is 0 Å². The van der Waals surface area contributed by atoms with E-state index in [1.807, 2.05) is 71.1 Å². The molecule has 5 unspecified atom stereocenters. The molecule has 0 spiro atoms.